The van der Waals surface area contributed by atoms with E-state index in [1.165, 1.54) is 7.11 Å². The summed E-state index contributed by atoms with van der Waals surface area (Å²) in [4.78, 5) is 36.1. The van der Waals surface area contributed by atoms with Gasteiger partial charge < -0.3 is 19.8 Å². The number of carbonyl (C=O) groups is 3. The lowest BCUT2D eigenvalue weighted by molar-refractivity contribution is -0.142. The fourth-order valence-corrected chi connectivity index (χ4v) is 3.68. The average molecular weight is 429 g/mol. The quantitative estimate of drug-likeness (QED) is 0.337. The van der Waals surface area contributed by atoms with Gasteiger partial charge in [-0.25, -0.2) is 4.79 Å². The predicted molar refractivity (Wildman–Crippen MR) is 113 cm³/mol. The Hall–Kier alpha value is -3.32. The van der Waals surface area contributed by atoms with E-state index >= 15 is 0 Å². The third kappa shape index (κ3) is 4.16. The summed E-state index contributed by atoms with van der Waals surface area (Å²) in [7, 11) is 1.25. The van der Waals surface area contributed by atoms with Crippen molar-refractivity contribution in [3.05, 3.63) is 64.3 Å². The molecule has 156 valence electrons. The Labute approximate surface area is 178 Å². The number of esters is 1. The van der Waals surface area contributed by atoms with Crippen molar-refractivity contribution in [1.82, 2.24) is 4.57 Å². The molecule has 1 heterocycles. The molecule has 1 aromatic heterocycles. The van der Waals surface area contributed by atoms with Gasteiger partial charge in [-0.1, -0.05) is 36.7 Å². The van der Waals surface area contributed by atoms with Crippen LogP contribution in [-0.2, 0) is 27.3 Å². The first-order valence-corrected chi connectivity index (χ1v) is 9.67. The van der Waals surface area contributed by atoms with E-state index < -0.39 is 17.7 Å². The molecule has 0 spiro atoms. The molecule has 0 radical (unpaired) electrons. The van der Waals surface area contributed by atoms with Crippen molar-refractivity contribution in [2.45, 2.75) is 19.9 Å². The number of methoxy groups -OCH3 is 1. The zero-order chi connectivity index (χ0) is 21.8. The largest absolute Gasteiger partial charge is 0.481 e. The van der Waals surface area contributed by atoms with Crippen molar-refractivity contribution in [3.8, 4) is 5.75 Å². The summed E-state index contributed by atoms with van der Waals surface area (Å²) in [6.07, 6.45) is 0.472. The fraction of sp³-hybridized carbons (Fsp3) is 0.227. The van der Waals surface area contributed by atoms with Crippen molar-refractivity contribution in [1.29, 1.82) is 0 Å². The zero-order valence-corrected chi connectivity index (χ0v) is 17.4. The Morgan fingerprint density at radius 2 is 1.87 bits per heavy atom. The van der Waals surface area contributed by atoms with Crippen LogP contribution in [0.5, 0.6) is 5.75 Å². The normalized spacial score (nSPS) is 10.8. The molecular weight excluding hydrogens is 408 g/mol. The van der Waals surface area contributed by atoms with E-state index in [1.54, 1.807) is 18.2 Å². The molecule has 0 aliphatic rings. The predicted octanol–water partition coefficient (Wildman–Crippen LogP) is 3.13. The Balaban J connectivity index is 2.24. The second-order valence-corrected chi connectivity index (χ2v) is 7.04. The summed E-state index contributed by atoms with van der Waals surface area (Å²) in [5.41, 5.74) is 7.76. The van der Waals surface area contributed by atoms with E-state index in [1.807, 2.05) is 35.8 Å². The number of primary amides is 1. The van der Waals surface area contributed by atoms with Gasteiger partial charge in [0.05, 0.1) is 23.6 Å². The van der Waals surface area contributed by atoms with Crippen molar-refractivity contribution in [2.24, 2.45) is 5.73 Å². The maximum atomic E-state index is 12.7. The van der Waals surface area contributed by atoms with Gasteiger partial charge in [0.1, 0.15) is 5.75 Å². The Morgan fingerprint density at radius 1 is 1.13 bits per heavy atom. The molecule has 0 saturated heterocycles. The zero-order valence-electron chi connectivity index (χ0n) is 16.6. The molecule has 2 aromatic carbocycles. The van der Waals surface area contributed by atoms with Gasteiger partial charge >= 0.3 is 5.97 Å². The SMILES string of the molecule is CCc1c(C(=O)C(N)=O)c2c(OCC(=O)OC)cccc2n1Cc1cccc(Cl)c1. The molecule has 0 fully saturated rings. The number of Topliss-reactive ketones (excluding diaryl/α,β-unsaturated/α-hetero) is 1. The number of carbonyl (C=O) groups excluding carboxylic acids is 3. The van der Waals surface area contributed by atoms with Crippen LogP contribution >= 0.6 is 11.6 Å². The number of halogens is 1. The fourth-order valence-electron chi connectivity index (χ4n) is 3.47. The highest BCUT2D eigenvalue weighted by Gasteiger charge is 2.27. The van der Waals surface area contributed by atoms with Gasteiger partial charge in [0, 0.05) is 17.3 Å². The molecule has 0 aliphatic carbocycles. The Morgan fingerprint density at radius 3 is 2.50 bits per heavy atom. The molecule has 0 unspecified atom stereocenters. The van der Waals surface area contributed by atoms with Crippen molar-refractivity contribution < 1.29 is 23.9 Å². The lowest BCUT2D eigenvalue weighted by Crippen LogP contribution is -2.24. The summed E-state index contributed by atoms with van der Waals surface area (Å²) in [6.45, 7) is 1.98. The summed E-state index contributed by atoms with van der Waals surface area (Å²) in [5.74, 6) is -2.14. The molecule has 0 atom stereocenters. The number of ketones is 1. The van der Waals surface area contributed by atoms with Gasteiger partial charge in [0.15, 0.2) is 6.61 Å². The number of aromatic nitrogens is 1. The number of nitrogens with two attached hydrogens (primary N) is 1. The summed E-state index contributed by atoms with van der Waals surface area (Å²) in [6, 6.07) is 12.6. The Kier molecular flexibility index (Phi) is 6.42. The molecule has 30 heavy (non-hydrogen) atoms. The molecular formula is C22H21ClN2O5. The van der Waals surface area contributed by atoms with Crippen LogP contribution in [0.3, 0.4) is 0 Å². The number of benzene rings is 2. The standard InChI is InChI=1S/C22H21ClN2O5/c1-3-15-20(21(27)22(24)28)19-16(8-5-9-17(19)30-12-18(26)29-2)25(15)11-13-6-4-7-14(23)10-13/h4-10H,3,11-12H2,1-2H3,(H2,24,28). The average Bonchev–Trinajstić information content (AvgIpc) is 3.05. The number of rotatable bonds is 8. The first-order chi connectivity index (χ1) is 14.4. The lowest BCUT2D eigenvalue weighted by Gasteiger charge is -2.11. The van der Waals surface area contributed by atoms with E-state index in [-0.39, 0.29) is 12.2 Å². The van der Waals surface area contributed by atoms with Crippen LogP contribution in [0.2, 0.25) is 5.02 Å². The molecule has 7 nitrogen and oxygen atoms in total. The monoisotopic (exact) mass is 428 g/mol. The van der Waals surface area contributed by atoms with E-state index in [0.717, 1.165) is 5.56 Å². The van der Waals surface area contributed by atoms with E-state index in [2.05, 4.69) is 4.74 Å². The third-order valence-electron chi connectivity index (χ3n) is 4.75. The summed E-state index contributed by atoms with van der Waals surface area (Å²) >= 11 is 6.12. The first-order valence-electron chi connectivity index (χ1n) is 9.29. The molecule has 0 aliphatic heterocycles. The number of hydrogen-bond acceptors (Lipinski definition) is 5. The van der Waals surface area contributed by atoms with Crippen LogP contribution in [-0.4, -0.2) is 35.9 Å². The van der Waals surface area contributed by atoms with Gasteiger partial charge in [0.25, 0.3) is 11.7 Å². The minimum Gasteiger partial charge on any atom is -0.481 e. The molecule has 3 rings (SSSR count). The summed E-state index contributed by atoms with van der Waals surface area (Å²) in [5, 5.41) is 1.03. The molecule has 8 heteroatoms. The second-order valence-electron chi connectivity index (χ2n) is 6.60. The smallest absolute Gasteiger partial charge is 0.343 e. The highest BCUT2D eigenvalue weighted by atomic mass is 35.5. The summed E-state index contributed by atoms with van der Waals surface area (Å²) < 4.78 is 12.2. The molecule has 0 bridgehead atoms. The first kappa shape index (κ1) is 21.4. The van der Waals surface area contributed by atoms with Crippen molar-refractivity contribution in [2.75, 3.05) is 13.7 Å². The molecule has 3 aromatic rings. The van der Waals surface area contributed by atoms with Crippen LogP contribution in [0.1, 0.15) is 28.5 Å². The van der Waals surface area contributed by atoms with Crippen molar-refractivity contribution >= 4 is 40.2 Å². The third-order valence-corrected chi connectivity index (χ3v) is 4.98. The molecule has 1 amide bonds. The topological polar surface area (TPSA) is 101 Å². The minimum atomic E-state index is -1.06. The van der Waals surface area contributed by atoms with Crippen LogP contribution in [0.4, 0.5) is 0 Å². The van der Waals surface area contributed by atoms with Gasteiger partial charge in [-0.05, 0) is 36.2 Å². The van der Waals surface area contributed by atoms with E-state index in [4.69, 9.17) is 22.1 Å². The highest BCUT2D eigenvalue weighted by molar-refractivity contribution is 6.45. The Bertz CT molecular complexity index is 1140. The highest BCUT2D eigenvalue weighted by Crippen LogP contribution is 2.35. The van der Waals surface area contributed by atoms with E-state index in [0.29, 0.717) is 40.3 Å². The van der Waals surface area contributed by atoms with Crippen LogP contribution in [0.25, 0.3) is 10.9 Å². The lowest BCUT2D eigenvalue weighted by atomic mass is 10.0. The van der Waals surface area contributed by atoms with Gasteiger partial charge in [-0.3, -0.25) is 9.59 Å². The maximum Gasteiger partial charge on any atom is 0.343 e. The number of fused-ring (bicyclic) bond motifs is 1. The van der Waals surface area contributed by atoms with E-state index in [9.17, 15) is 14.4 Å². The van der Waals surface area contributed by atoms with Crippen LogP contribution in [0, 0.1) is 0 Å². The van der Waals surface area contributed by atoms with Gasteiger partial charge in [-0.15, -0.1) is 0 Å². The molecule has 2 N–H and O–H groups in total. The van der Waals surface area contributed by atoms with Crippen LogP contribution in [0.15, 0.2) is 42.5 Å². The van der Waals surface area contributed by atoms with Crippen molar-refractivity contribution in [3.63, 3.8) is 0 Å². The number of nitrogens with zero attached hydrogens (tertiary/aromatic N) is 1. The minimum absolute atomic E-state index is 0.183. The second kappa shape index (κ2) is 9.00. The van der Waals surface area contributed by atoms with Crippen LogP contribution < -0.4 is 10.5 Å². The molecule has 0 saturated carbocycles. The number of hydrogen-bond donors (Lipinski definition) is 1. The number of amides is 1. The van der Waals surface area contributed by atoms with Gasteiger partial charge in [-0.2, -0.15) is 0 Å². The maximum absolute atomic E-state index is 12.7. The van der Waals surface area contributed by atoms with Gasteiger partial charge in [0.2, 0.25) is 0 Å². The number of ether oxygens (including phenoxy) is 2.